The molecule has 28 aromatic rings. The molecule has 32 rings (SSSR count). The van der Waals surface area contributed by atoms with E-state index >= 15 is 0 Å². The molecule has 1 heteroatoms. The second-order valence-corrected chi connectivity index (χ2v) is 35.9. The van der Waals surface area contributed by atoms with Crippen molar-refractivity contribution in [2.75, 3.05) is 0 Å². The van der Waals surface area contributed by atoms with Gasteiger partial charge < -0.3 is 0 Å². The Labute approximate surface area is 491 Å². The van der Waals surface area contributed by atoms with Gasteiger partial charge in [-0.1, -0.05) is 149 Å². The maximum atomic E-state index is 2.76. The van der Waals surface area contributed by atoms with Gasteiger partial charge in [0.1, 0.15) is 0 Å². The lowest BCUT2D eigenvalue weighted by Gasteiger charge is -2.50. The maximum Gasteiger partial charge on any atom is 0.0455 e. The fraction of sp³-hybridized carbons (Fsp3) is 0.116. The number of hydrogen-bond donors (Lipinski definition) is 0. The maximum absolute atomic E-state index is 2.76. The van der Waals surface area contributed by atoms with Crippen LogP contribution >= 0.6 is 0 Å². The number of rotatable bonds is 2. The average molecular weight is 1100 g/mol. The molecule has 0 N–H and O–H groups in total. The Hall–Kier alpha value is -9.66. The molecular weight excluding hydrogens is 1060 g/mol. The molecule has 3 unspecified atom stereocenters. The summed E-state index contributed by atoms with van der Waals surface area (Å²) in [6, 6.07) is 46.1. The minimum atomic E-state index is -1.51. The molecule has 0 saturated carbocycles. The van der Waals surface area contributed by atoms with Crippen LogP contribution in [-0.4, -0.2) is 8.07 Å². The van der Waals surface area contributed by atoms with Crippen molar-refractivity contribution in [2.24, 2.45) is 0 Å². The van der Waals surface area contributed by atoms with Gasteiger partial charge in [0, 0.05) is 19.4 Å². The van der Waals surface area contributed by atoms with E-state index in [4.69, 9.17) is 0 Å². The van der Waals surface area contributed by atoms with Crippen LogP contribution in [0.25, 0.3) is 286 Å². The van der Waals surface area contributed by atoms with Crippen molar-refractivity contribution in [1.82, 2.24) is 0 Å². The van der Waals surface area contributed by atoms with Gasteiger partial charge in [0.05, 0.1) is 0 Å². The minimum Gasteiger partial charge on any atom is -0.0791 e. The van der Waals surface area contributed by atoms with E-state index in [0.717, 1.165) is 0 Å². The van der Waals surface area contributed by atoms with E-state index in [1.165, 1.54) is 153 Å². The molecule has 0 saturated heterocycles. The zero-order valence-electron chi connectivity index (χ0n) is 48.0. The molecule has 0 spiro atoms. The van der Waals surface area contributed by atoms with Gasteiger partial charge in [-0.25, -0.2) is 0 Å². The zero-order chi connectivity index (χ0) is 54.9. The topological polar surface area (TPSA) is 0 Å². The van der Waals surface area contributed by atoms with Crippen molar-refractivity contribution >= 4 is 294 Å². The van der Waals surface area contributed by atoms with Gasteiger partial charge in [0.15, 0.2) is 0 Å². The second kappa shape index (κ2) is 10.8. The van der Waals surface area contributed by atoms with Crippen LogP contribution < -0.4 is 0 Å². The second-order valence-electron chi connectivity index (χ2n) is 30.4. The fourth-order valence-corrected chi connectivity index (χ4v) is 27.9. The van der Waals surface area contributed by atoms with Crippen LogP contribution in [-0.2, 0) is 5.41 Å². The van der Waals surface area contributed by atoms with Crippen LogP contribution in [0.1, 0.15) is 54.4 Å². The first-order chi connectivity index (χ1) is 42.9. The zero-order valence-corrected chi connectivity index (χ0v) is 49.0. The molecular formula is C86H40Si. The third kappa shape index (κ3) is 3.04. The average Bonchev–Trinajstić information content (AvgIpc) is 1.45. The number of benzene rings is 18. The van der Waals surface area contributed by atoms with E-state index in [9.17, 15) is 0 Å². The Balaban J connectivity index is 0.0000000977. The first-order valence-corrected chi connectivity index (χ1v) is 36.4. The Morgan fingerprint density at radius 3 is 0.862 bits per heavy atom. The van der Waals surface area contributed by atoms with Crippen LogP contribution in [0.3, 0.4) is 0 Å². The third-order valence-corrected chi connectivity index (χ3v) is 28.6. The standard InChI is InChI=1S/C44H24Si.C40H10.C2H6/c1-45(2,3)14-44-24-13-12-22-21-9-8-18-17-5-4-15-16-6-7-19-20-10-11-23(24)32-31(20)35-28(19)27(16)33-25(15)26(17)34-29(18)30(21)40(42(22)44)39-37(34)36(33)38(35)41(39)43(32)44;1-2-12-14-5-6-16-18-9-10-20-19-8-7-17-15-4-3-13-11(1)21-22(12)32-24(14)26(16)34-29(18)30(20)35-28(19)27(17)33-25(15)23(13)31(21)36-37(32)39(34)40(35)38(33)36;1-2/h4-11,13,22,42H,12,14H2,1-3H3;1-10H;1-2H3. The van der Waals surface area contributed by atoms with Crippen LogP contribution in [0, 0.1) is 0 Å². The lowest BCUT2D eigenvalue weighted by Crippen LogP contribution is -2.43. The molecule has 0 heterocycles. The highest BCUT2D eigenvalue weighted by molar-refractivity contribution is 6.77. The SMILES string of the molecule is CC.C[Si](C)(C)CC12C3=CCC4c5ccc6c7ccc8c9ccc%10c%11ccc3c3c1c1c%12c(c5c6c5c7c8c6c9c%10c(c3%11)c1c6c%125)C42.c1cc2c3ccc4c5ccc6c7ccc8c9ccc%10c1c1c2c2c3c4c3c5c6c4c7c8c5c9c%10c1c1c2c3c4c51. The molecule has 0 aromatic heterocycles. The van der Waals surface area contributed by atoms with Crippen LogP contribution in [0.5, 0.6) is 0 Å². The number of allylic oxidation sites excluding steroid dienone is 2. The van der Waals surface area contributed by atoms with E-state index in [-0.39, 0.29) is 5.41 Å². The first-order valence-electron chi connectivity index (χ1n) is 32.7. The van der Waals surface area contributed by atoms with Gasteiger partial charge in [-0.3, -0.25) is 0 Å². The van der Waals surface area contributed by atoms with Gasteiger partial charge >= 0.3 is 0 Å². The fourth-order valence-electron chi connectivity index (χ4n) is 25.6. The van der Waals surface area contributed by atoms with Crippen molar-refractivity contribution < 1.29 is 0 Å². The van der Waals surface area contributed by atoms with Gasteiger partial charge in [0.25, 0.3) is 0 Å². The normalized spacial score (nSPS) is 19.7. The van der Waals surface area contributed by atoms with Gasteiger partial charge in [0.2, 0.25) is 0 Å². The Morgan fingerprint density at radius 2 is 0.540 bits per heavy atom. The van der Waals surface area contributed by atoms with Crippen molar-refractivity contribution in [3.05, 3.63) is 138 Å². The highest BCUT2D eigenvalue weighted by Gasteiger charge is 2.62. The highest BCUT2D eigenvalue weighted by Crippen LogP contribution is 2.78. The molecule has 3 atom stereocenters. The quantitative estimate of drug-likeness (QED) is 0.120. The summed E-state index contributed by atoms with van der Waals surface area (Å²) in [6.45, 7) is 11.9. The Kier molecular flexibility index (Phi) is 4.95. The summed E-state index contributed by atoms with van der Waals surface area (Å²) >= 11 is 0. The van der Waals surface area contributed by atoms with E-state index in [1.807, 2.05) is 13.8 Å². The van der Waals surface area contributed by atoms with Crippen molar-refractivity contribution in [1.29, 1.82) is 0 Å². The summed E-state index contributed by atoms with van der Waals surface area (Å²) in [5.74, 6) is 1.14. The lowest BCUT2D eigenvalue weighted by atomic mass is 9.57. The molecule has 0 bridgehead atoms. The molecule has 0 aliphatic heterocycles. The van der Waals surface area contributed by atoms with Crippen LogP contribution in [0.15, 0.2) is 115 Å². The molecule has 28 aromatic carbocycles. The summed E-state index contributed by atoms with van der Waals surface area (Å²) in [7, 11) is -1.51. The summed E-state index contributed by atoms with van der Waals surface area (Å²) in [6.07, 6.45) is 3.94. The smallest absolute Gasteiger partial charge is 0.0455 e. The molecule has 0 radical (unpaired) electrons. The molecule has 0 amide bonds. The predicted molar refractivity (Wildman–Crippen MR) is 382 cm³/mol. The van der Waals surface area contributed by atoms with Crippen molar-refractivity contribution in [2.45, 2.75) is 63.2 Å². The van der Waals surface area contributed by atoms with E-state index in [0.29, 0.717) is 11.8 Å². The number of hydrogen-bond acceptors (Lipinski definition) is 0. The minimum absolute atomic E-state index is 0.0919. The van der Waals surface area contributed by atoms with Gasteiger partial charge in [-0.2, -0.15) is 0 Å². The summed E-state index contributed by atoms with van der Waals surface area (Å²) in [5.41, 5.74) is 8.61. The Morgan fingerprint density at radius 1 is 0.287 bits per heavy atom. The first kappa shape index (κ1) is 39.9. The van der Waals surface area contributed by atoms with Gasteiger partial charge in [-0.05, 0) is 326 Å². The molecule has 0 fully saturated rings. The largest absolute Gasteiger partial charge is 0.0791 e. The molecule has 4 aliphatic carbocycles. The van der Waals surface area contributed by atoms with E-state index in [1.54, 1.807) is 168 Å². The monoisotopic (exact) mass is 1100 g/mol. The van der Waals surface area contributed by atoms with Crippen LogP contribution in [0.4, 0.5) is 0 Å². The summed E-state index contributed by atoms with van der Waals surface area (Å²) in [4.78, 5) is 0. The predicted octanol–water partition coefficient (Wildman–Crippen LogP) is 25.1. The Bertz CT molecular complexity index is 7300. The molecule has 388 valence electrons. The lowest BCUT2D eigenvalue weighted by molar-refractivity contribution is 0.406. The summed E-state index contributed by atoms with van der Waals surface area (Å²) in [5, 5.41) is 80.4. The van der Waals surface area contributed by atoms with Crippen molar-refractivity contribution in [3.63, 3.8) is 0 Å². The third-order valence-electron chi connectivity index (χ3n) is 27.0. The molecule has 0 nitrogen and oxygen atoms in total. The highest BCUT2D eigenvalue weighted by atomic mass is 28.3. The van der Waals surface area contributed by atoms with Gasteiger partial charge in [-0.15, -0.1) is 0 Å². The molecule has 87 heavy (non-hydrogen) atoms. The number of fused-ring (bicyclic) bond motifs is 10. The van der Waals surface area contributed by atoms with Crippen molar-refractivity contribution in [3.8, 4) is 0 Å². The molecule has 4 aliphatic rings. The van der Waals surface area contributed by atoms with E-state index < -0.39 is 8.07 Å². The van der Waals surface area contributed by atoms with Crippen LogP contribution in [0.2, 0.25) is 25.7 Å². The van der Waals surface area contributed by atoms with E-state index in [2.05, 4.69) is 135 Å². The summed E-state index contributed by atoms with van der Waals surface area (Å²) < 4.78 is 0.